The number of hydrogen-bond acceptors (Lipinski definition) is 6. The van der Waals surface area contributed by atoms with Crippen LogP contribution >= 0.6 is 0 Å². The highest BCUT2D eigenvalue weighted by atomic mass is 16.5. The number of anilines is 2. The second kappa shape index (κ2) is 9.17. The van der Waals surface area contributed by atoms with E-state index in [4.69, 9.17) is 19.9 Å². The Morgan fingerprint density at radius 2 is 1.64 bits per heavy atom. The lowest BCUT2D eigenvalue weighted by atomic mass is 9.98. The fraction of sp³-hybridized carbons (Fsp3) is 0.318. The first-order valence-corrected chi connectivity index (χ1v) is 8.98. The number of nitrogens with zero attached hydrogens (tertiary/aromatic N) is 1. The van der Waals surface area contributed by atoms with Gasteiger partial charge in [0.2, 0.25) is 5.75 Å². The average molecular weight is 384 g/mol. The first kappa shape index (κ1) is 21.2. The van der Waals surface area contributed by atoms with E-state index in [1.165, 1.54) is 0 Å². The Morgan fingerprint density at radius 3 is 2.11 bits per heavy atom. The highest BCUT2D eigenvalue weighted by molar-refractivity contribution is 6.12. The van der Waals surface area contributed by atoms with Crippen LogP contribution in [0.4, 0.5) is 11.4 Å². The molecule has 2 N–H and O–H groups in total. The number of benzene rings is 2. The van der Waals surface area contributed by atoms with Gasteiger partial charge in [0.25, 0.3) is 0 Å². The normalized spacial score (nSPS) is 11.1. The van der Waals surface area contributed by atoms with E-state index >= 15 is 0 Å². The van der Waals surface area contributed by atoms with Gasteiger partial charge < -0.3 is 24.8 Å². The molecule has 0 heterocycles. The topological polar surface area (TPSA) is 74.0 Å². The van der Waals surface area contributed by atoms with E-state index in [0.29, 0.717) is 40.5 Å². The van der Waals surface area contributed by atoms with Crippen LogP contribution in [-0.2, 0) is 0 Å². The van der Waals surface area contributed by atoms with Crippen molar-refractivity contribution in [3.8, 4) is 17.2 Å². The van der Waals surface area contributed by atoms with Gasteiger partial charge >= 0.3 is 0 Å². The number of hydrogen-bond donors (Lipinski definition) is 1. The largest absolute Gasteiger partial charge is 0.493 e. The zero-order chi connectivity index (χ0) is 20.8. The first-order valence-electron chi connectivity index (χ1n) is 8.98. The lowest BCUT2D eigenvalue weighted by Crippen LogP contribution is -2.13. The maximum Gasteiger partial charge on any atom is 0.203 e. The second-order valence-corrected chi connectivity index (χ2v) is 6.48. The Labute approximate surface area is 166 Å². The molecule has 6 heteroatoms. The Kier molecular flexibility index (Phi) is 6.93. The number of ether oxygens (including phenoxy) is 3. The predicted octanol–water partition coefficient (Wildman–Crippen LogP) is 4.04. The van der Waals surface area contributed by atoms with E-state index in [-0.39, 0.29) is 5.78 Å². The van der Waals surface area contributed by atoms with Crippen LogP contribution in [0.25, 0.3) is 6.08 Å². The van der Waals surface area contributed by atoms with Crippen molar-refractivity contribution >= 4 is 23.2 Å². The average Bonchev–Trinajstić information content (AvgIpc) is 2.70. The Morgan fingerprint density at radius 1 is 1.04 bits per heavy atom. The van der Waals surface area contributed by atoms with Gasteiger partial charge in [0.05, 0.1) is 32.7 Å². The van der Waals surface area contributed by atoms with E-state index in [9.17, 15) is 4.79 Å². The third-order valence-electron chi connectivity index (χ3n) is 4.47. The van der Waals surface area contributed by atoms with E-state index in [1.807, 2.05) is 50.2 Å². The Balaban J connectivity index is 2.49. The van der Waals surface area contributed by atoms with Crippen molar-refractivity contribution in [3.05, 3.63) is 47.0 Å². The van der Waals surface area contributed by atoms with Gasteiger partial charge in [0.1, 0.15) is 0 Å². The molecule has 0 aromatic heterocycles. The molecule has 0 unspecified atom stereocenters. The molecule has 0 atom stereocenters. The van der Waals surface area contributed by atoms with Crippen molar-refractivity contribution in [3.63, 3.8) is 0 Å². The molecule has 2 aromatic carbocycles. The highest BCUT2D eigenvalue weighted by Crippen LogP contribution is 2.39. The molecule has 0 aliphatic carbocycles. The molecule has 0 saturated heterocycles. The van der Waals surface area contributed by atoms with Crippen LogP contribution in [0, 0.1) is 0 Å². The van der Waals surface area contributed by atoms with Crippen molar-refractivity contribution in [1.82, 2.24) is 0 Å². The summed E-state index contributed by atoms with van der Waals surface area (Å²) in [5, 5.41) is 0. The molecule has 2 aromatic rings. The minimum atomic E-state index is -0.0423. The van der Waals surface area contributed by atoms with Crippen molar-refractivity contribution < 1.29 is 19.0 Å². The number of rotatable bonds is 8. The summed E-state index contributed by atoms with van der Waals surface area (Å²) in [6, 6.07) is 8.96. The number of carbonyl (C=O) groups is 1. The quantitative estimate of drug-likeness (QED) is 0.421. The summed E-state index contributed by atoms with van der Waals surface area (Å²) in [7, 11) is 8.47. The van der Waals surface area contributed by atoms with Gasteiger partial charge in [-0.15, -0.1) is 0 Å². The summed E-state index contributed by atoms with van der Waals surface area (Å²) in [4.78, 5) is 15.0. The van der Waals surface area contributed by atoms with Gasteiger partial charge in [-0.1, -0.05) is 6.92 Å². The molecule has 0 fully saturated rings. The van der Waals surface area contributed by atoms with E-state index < -0.39 is 0 Å². The molecule has 0 aliphatic heterocycles. The van der Waals surface area contributed by atoms with Crippen molar-refractivity contribution in [2.24, 2.45) is 0 Å². The maximum atomic E-state index is 13.1. The summed E-state index contributed by atoms with van der Waals surface area (Å²) in [5.74, 6) is 1.55. The van der Waals surface area contributed by atoms with E-state index in [0.717, 1.165) is 11.3 Å². The highest BCUT2D eigenvalue weighted by Gasteiger charge is 2.16. The minimum Gasteiger partial charge on any atom is -0.493 e. The number of Topliss-reactive ketones (excluding diaryl/α,β-unsaturated/α-hetero) is 1. The molecule has 150 valence electrons. The van der Waals surface area contributed by atoms with Crippen molar-refractivity contribution in [2.75, 3.05) is 46.1 Å². The summed E-state index contributed by atoms with van der Waals surface area (Å²) in [5.41, 5.74) is 9.51. The van der Waals surface area contributed by atoms with Gasteiger partial charge in [-0.3, -0.25) is 4.79 Å². The van der Waals surface area contributed by atoms with Gasteiger partial charge in [-0.2, -0.15) is 0 Å². The zero-order valence-corrected chi connectivity index (χ0v) is 17.3. The summed E-state index contributed by atoms with van der Waals surface area (Å²) in [6.07, 6.45) is 2.43. The molecule has 0 saturated carbocycles. The summed E-state index contributed by atoms with van der Waals surface area (Å²) >= 11 is 0. The van der Waals surface area contributed by atoms with Crippen molar-refractivity contribution in [1.29, 1.82) is 0 Å². The van der Waals surface area contributed by atoms with E-state index in [2.05, 4.69) is 0 Å². The second-order valence-electron chi connectivity index (χ2n) is 6.48. The molecule has 28 heavy (non-hydrogen) atoms. The van der Waals surface area contributed by atoms with E-state index in [1.54, 1.807) is 33.5 Å². The number of carbonyl (C=O) groups excluding carboxylic acids is 1. The molecule has 2 rings (SSSR count). The first-order chi connectivity index (χ1) is 13.4. The maximum absolute atomic E-state index is 13.1. The summed E-state index contributed by atoms with van der Waals surface area (Å²) in [6.45, 7) is 1.95. The van der Waals surface area contributed by atoms with Gasteiger partial charge in [0, 0.05) is 25.2 Å². The third-order valence-corrected chi connectivity index (χ3v) is 4.47. The Hall–Kier alpha value is -3.15. The fourth-order valence-electron chi connectivity index (χ4n) is 2.97. The van der Waals surface area contributed by atoms with Crippen LogP contribution in [0.15, 0.2) is 35.9 Å². The molecule has 0 bridgehead atoms. The number of allylic oxidation sites excluding steroid dienone is 1. The Bertz CT molecular complexity index is 863. The third kappa shape index (κ3) is 4.39. The minimum absolute atomic E-state index is 0.0423. The van der Waals surface area contributed by atoms with Gasteiger partial charge in [-0.25, -0.2) is 0 Å². The molecular weight excluding hydrogens is 356 g/mol. The lowest BCUT2D eigenvalue weighted by Gasteiger charge is -2.16. The van der Waals surface area contributed by atoms with Crippen LogP contribution in [0.3, 0.4) is 0 Å². The lowest BCUT2D eigenvalue weighted by molar-refractivity contribution is 0.103. The molecular formula is C22H28N2O4. The van der Waals surface area contributed by atoms with Crippen LogP contribution < -0.4 is 24.8 Å². The van der Waals surface area contributed by atoms with Crippen molar-refractivity contribution in [2.45, 2.75) is 13.3 Å². The molecule has 0 radical (unpaired) electrons. The number of nitrogens with two attached hydrogens (primary N) is 1. The van der Waals surface area contributed by atoms with Crippen LogP contribution in [0.2, 0.25) is 0 Å². The number of ketones is 1. The fourth-order valence-corrected chi connectivity index (χ4v) is 2.97. The monoisotopic (exact) mass is 384 g/mol. The molecule has 0 aliphatic rings. The van der Waals surface area contributed by atoms with Gasteiger partial charge in [-0.05, 0) is 48.4 Å². The van der Waals surface area contributed by atoms with Crippen LogP contribution in [0.1, 0.15) is 29.3 Å². The molecule has 0 spiro atoms. The van der Waals surface area contributed by atoms with Crippen LogP contribution in [0.5, 0.6) is 17.2 Å². The molecule has 6 nitrogen and oxygen atoms in total. The number of nitrogen functional groups attached to an aromatic ring is 1. The number of methoxy groups -OCH3 is 3. The zero-order valence-electron chi connectivity index (χ0n) is 17.3. The standard InChI is InChI=1S/C22H28N2O4/c1-7-15(21(25)16-8-9-17(23)18(13-16)24(2)3)10-14-11-19(26-4)22(28-6)20(12-14)27-5/h8-13H,7,23H2,1-6H3. The summed E-state index contributed by atoms with van der Waals surface area (Å²) < 4.78 is 16.1. The molecule has 0 amide bonds. The van der Waals surface area contributed by atoms with Crippen LogP contribution in [-0.4, -0.2) is 41.2 Å². The smallest absolute Gasteiger partial charge is 0.203 e. The SMILES string of the molecule is CCC(=Cc1cc(OC)c(OC)c(OC)c1)C(=O)c1ccc(N)c(N(C)C)c1. The van der Waals surface area contributed by atoms with Gasteiger partial charge in [0.15, 0.2) is 17.3 Å². The predicted molar refractivity (Wildman–Crippen MR) is 114 cm³/mol.